The summed E-state index contributed by atoms with van der Waals surface area (Å²) < 4.78 is 5.41. The van der Waals surface area contributed by atoms with E-state index in [2.05, 4.69) is 12.1 Å². The first-order valence-electron chi connectivity index (χ1n) is 7.53. The molecule has 2 aromatic rings. The summed E-state index contributed by atoms with van der Waals surface area (Å²) in [7, 11) is 1.69. The first-order valence-corrected chi connectivity index (χ1v) is 7.53. The number of benzene rings is 2. The Hall–Kier alpha value is -1.54. The van der Waals surface area contributed by atoms with Gasteiger partial charge in [0.15, 0.2) is 0 Å². The van der Waals surface area contributed by atoms with Crippen molar-refractivity contribution in [2.75, 3.05) is 7.11 Å². The van der Waals surface area contributed by atoms with E-state index in [-0.39, 0.29) is 6.10 Å². The molecule has 0 heterocycles. The van der Waals surface area contributed by atoms with Gasteiger partial charge in [0.05, 0.1) is 13.2 Å². The Morgan fingerprint density at radius 3 is 2.50 bits per heavy atom. The largest absolute Gasteiger partial charge is 0.496 e. The summed E-state index contributed by atoms with van der Waals surface area (Å²) in [6, 6.07) is 12.1. The van der Waals surface area contributed by atoms with Crippen LogP contribution in [0.2, 0.25) is 0 Å². The SMILES string of the molecule is COc1ccc(C(O)CC2CCCC2)c2ccccc12. The van der Waals surface area contributed by atoms with Gasteiger partial charge in [-0.3, -0.25) is 0 Å². The normalized spacial score (nSPS) is 17.5. The van der Waals surface area contributed by atoms with Gasteiger partial charge in [-0.25, -0.2) is 0 Å². The molecule has 1 unspecified atom stereocenters. The lowest BCUT2D eigenvalue weighted by Gasteiger charge is -2.18. The van der Waals surface area contributed by atoms with Gasteiger partial charge in [0, 0.05) is 5.39 Å². The quantitative estimate of drug-likeness (QED) is 0.888. The van der Waals surface area contributed by atoms with E-state index in [1.807, 2.05) is 24.3 Å². The summed E-state index contributed by atoms with van der Waals surface area (Å²) in [5, 5.41) is 12.8. The summed E-state index contributed by atoms with van der Waals surface area (Å²) in [4.78, 5) is 0. The minimum Gasteiger partial charge on any atom is -0.496 e. The molecule has 1 aliphatic carbocycles. The third-order valence-corrected chi connectivity index (χ3v) is 4.53. The van der Waals surface area contributed by atoms with Crippen LogP contribution in [0.1, 0.15) is 43.8 Å². The molecule has 0 spiro atoms. The van der Waals surface area contributed by atoms with Crippen molar-refractivity contribution in [2.45, 2.75) is 38.2 Å². The molecule has 1 N–H and O–H groups in total. The zero-order valence-electron chi connectivity index (χ0n) is 12.0. The minimum absolute atomic E-state index is 0.367. The highest BCUT2D eigenvalue weighted by Gasteiger charge is 2.21. The van der Waals surface area contributed by atoms with Gasteiger partial charge in [0.25, 0.3) is 0 Å². The molecule has 1 fully saturated rings. The monoisotopic (exact) mass is 270 g/mol. The molecule has 1 saturated carbocycles. The van der Waals surface area contributed by atoms with E-state index in [4.69, 9.17) is 4.74 Å². The zero-order chi connectivity index (χ0) is 13.9. The summed E-state index contributed by atoms with van der Waals surface area (Å²) in [5.74, 6) is 1.56. The molecular formula is C18H22O2. The van der Waals surface area contributed by atoms with E-state index in [0.717, 1.165) is 28.5 Å². The molecule has 0 aliphatic heterocycles. The highest BCUT2D eigenvalue weighted by atomic mass is 16.5. The highest BCUT2D eigenvalue weighted by Crippen LogP contribution is 2.37. The fourth-order valence-electron chi connectivity index (χ4n) is 3.45. The Bertz CT molecular complexity index is 585. The third-order valence-electron chi connectivity index (χ3n) is 4.53. The smallest absolute Gasteiger partial charge is 0.126 e. The van der Waals surface area contributed by atoms with Gasteiger partial charge in [0.2, 0.25) is 0 Å². The molecule has 0 aromatic heterocycles. The molecular weight excluding hydrogens is 248 g/mol. The third kappa shape index (κ3) is 2.53. The maximum absolute atomic E-state index is 10.6. The predicted molar refractivity (Wildman–Crippen MR) is 82.0 cm³/mol. The number of rotatable bonds is 4. The molecule has 0 bridgehead atoms. The van der Waals surface area contributed by atoms with Crippen molar-refractivity contribution in [3.05, 3.63) is 42.0 Å². The van der Waals surface area contributed by atoms with Crippen molar-refractivity contribution in [3.8, 4) is 5.75 Å². The molecule has 2 nitrogen and oxygen atoms in total. The van der Waals surface area contributed by atoms with E-state index in [1.165, 1.54) is 25.7 Å². The van der Waals surface area contributed by atoms with Crippen LogP contribution in [-0.2, 0) is 0 Å². The van der Waals surface area contributed by atoms with Gasteiger partial charge < -0.3 is 9.84 Å². The lowest BCUT2D eigenvalue weighted by atomic mass is 9.92. The lowest BCUT2D eigenvalue weighted by molar-refractivity contribution is 0.146. The number of methoxy groups -OCH3 is 1. The molecule has 0 saturated heterocycles. The van der Waals surface area contributed by atoms with Crippen LogP contribution < -0.4 is 4.74 Å². The van der Waals surface area contributed by atoms with Crippen LogP contribution in [0.25, 0.3) is 10.8 Å². The van der Waals surface area contributed by atoms with Crippen molar-refractivity contribution in [3.63, 3.8) is 0 Å². The molecule has 3 rings (SSSR count). The fourth-order valence-corrected chi connectivity index (χ4v) is 3.45. The Morgan fingerprint density at radius 2 is 1.80 bits per heavy atom. The topological polar surface area (TPSA) is 29.5 Å². The van der Waals surface area contributed by atoms with Crippen molar-refractivity contribution in [1.82, 2.24) is 0 Å². The molecule has 2 heteroatoms. The van der Waals surface area contributed by atoms with Crippen molar-refractivity contribution >= 4 is 10.8 Å². The van der Waals surface area contributed by atoms with E-state index in [1.54, 1.807) is 7.11 Å². The summed E-state index contributed by atoms with van der Waals surface area (Å²) >= 11 is 0. The number of ether oxygens (including phenoxy) is 1. The molecule has 1 atom stereocenters. The van der Waals surface area contributed by atoms with E-state index >= 15 is 0 Å². The molecule has 1 aliphatic rings. The van der Waals surface area contributed by atoms with Crippen molar-refractivity contribution in [2.24, 2.45) is 5.92 Å². The second-order valence-electron chi connectivity index (χ2n) is 5.80. The number of hydrogen-bond donors (Lipinski definition) is 1. The Labute approximate surface area is 120 Å². The predicted octanol–water partition coefficient (Wildman–Crippen LogP) is 4.46. The Morgan fingerprint density at radius 1 is 1.10 bits per heavy atom. The Balaban J connectivity index is 1.94. The first-order chi connectivity index (χ1) is 9.79. The average Bonchev–Trinajstić information content (AvgIpc) is 2.99. The highest BCUT2D eigenvalue weighted by molar-refractivity contribution is 5.91. The van der Waals surface area contributed by atoms with Gasteiger partial charge in [-0.2, -0.15) is 0 Å². The van der Waals surface area contributed by atoms with Gasteiger partial charge in [-0.15, -0.1) is 0 Å². The van der Waals surface area contributed by atoms with Crippen LogP contribution in [0.4, 0.5) is 0 Å². The molecule has 2 aromatic carbocycles. The Kier molecular flexibility index (Phi) is 3.93. The maximum atomic E-state index is 10.6. The number of hydrogen-bond acceptors (Lipinski definition) is 2. The fraction of sp³-hybridized carbons (Fsp3) is 0.444. The number of aliphatic hydroxyl groups excluding tert-OH is 1. The summed E-state index contributed by atoms with van der Waals surface area (Å²) in [6.07, 6.45) is 5.70. The maximum Gasteiger partial charge on any atom is 0.126 e. The zero-order valence-corrected chi connectivity index (χ0v) is 12.0. The van der Waals surface area contributed by atoms with E-state index < -0.39 is 0 Å². The van der Waals surface area contributed by atoms with Crippen molar-refractivity contribution < 1.29 is 9.84 Å². The van der Waals surface area contributed by atoms with Crippen molar-refractivity contribution in [1.29, 1.82) is 0 Å². The number of aliphatic hydroxyl groups is 1. The molecule has 106 valence electrons. The van der Waals surface area contributed by atoms with Gasteiger partial charge in [-0.1, -0.05) is 56.0 Å². The first kappa shape index (κ1) is 13.4. The van der Waals surface area contributed by atoms with Gasteiger partial charge >= 0.3 is 0 Å². The van der Waals surface area contributed by atoms with Crippen LogP contribution in [0.3, 0.4) is 0 Å². The van der Waals surface area contributed by atoms with Crippen LogP contribution in [0.15, 0.2) is 36.4 Å². The minimum atomic E-state index is -0.367. The average molecular weight is 270 g/mol. The number of fused-ring (bicyclic) bond motifs is 1. The summed E-state index contributed by atoms with van der Waals surface area (Å²) in [5.41, 5.74) is 1.04. The van der Waals surface area contributed by atoms with Gasteiger partial charge in [-0.05, 0) is 29.4 Å². The van der Waals surface area contributed by atoms with Gasteiger partial charge in [0.1, 0.15) is 5.75 Å². The van der Waals surface area contributed by atoms with E-state index in [9.17, 15) is 5.11 Å². The molecule has 20 heavy (non-hydrogen) atoms. The van der Waals surface area contributed by atoms with E-state index in [0.29, 0.717) is 5.92 Å². The van der Waals surface area contributed by atoms with Crippen LogP contribution in [0, 0.1) is 5.92 Å². The standard InChI is InChI=1S/C18H22O2/c1-20-18-11-10-15(14-8-4-5-9-16(14)18)17(19)12-13-6-2-3-7-13/h4-5,8-11,13,17,19H,2-3,6-7,12H2,1H3. The molecule has 0 radical (unpaired) electrons. The van der Waals surface area contributed by atoms with Crippen LogP contribution in [0.5, 0.6) is 5.75 Å². The summed E-state index contributed by atoms with van der Waals surface area (Å²) in [6.45, 7) is 0. The van der Waals surface area contributed by atoms with Crippen LogP contribution in [-0.4, -0.2) is 12.2 Å². The second kappa shape index (κ2) is 5.84. The lowest BCUT2D eigenvalue weighted by Crippen LogP contribution is -2.05. The molecule has 0 amide bonds. The van der Waals surface area contributed by atoms with Crippen LogP contribution >= 0.6 is 0 Å². The second-order valence-corrected chi connectivity index (χ2v) is 5.80.